The Morgan fingerprint density at radius 1 is 0.349 bits per heavy atom. The summed E-state index contributed by atoms with van der Waals surface area (Å²) in [5, 5.41) is 21.3. The molecular weight excluding hydrogens is 773 g/mol. The summed E-state index contributed by atoms with van der Waals surface area (Å²) >= 11 is 0. The van der Waals surface area contributed by atoms with Crippen molar-refractivity contribution in [2.45, 2.75) is 205 Å². The zero-order valence-corrected chi connectivity index (χ0v) is 42.9. The maximum Gasteiger partial charge on any atom is 0.207 e. The van der Waals surface area contributed by atoms with Crippen molar-refractivity contribution in [1.29, 1.82) is 0 Å². The van der Waals surface area contributed by atoms with E-state index in [0.29, 0.717) is 17.5 Å². The van der Waals surface area contributed by atoms with Gasteiger partial charge in [0.2, 0.25) is 11.5 Å². The molecule has 0 heterocycles. The highest BCUT2D eigenvalue weighted by Gasteiger charge is 2.22. The number of rotatable bonds is 31. The summed E-state index contributed by atoms with van der Waals surface area (Å²) in [5.74, 6) is 0.356. The van der Waals surface area contributed by atoms with E-state index >= 15 is 0 Å². The Hall–Kier alpha value is -4.18. The molecule has 0 bridgehead atoms. The third-order valence-electron chi connectivity index (χ3n) is 12.1. The van der Waals surface area contributed by atoms with E-state index in [1.165, 1.54) is 89.2 Å². The minimum absolute atomic E-state index is 0.00634. The SMILES string of the molecule is COc1c(O)c(C)c(C/C=C(\C)CC/C=C(\C)CC/C=C(\C)CC/C=C(\C)CC/C=C(/C)CC/C=C(/C)CC/C=C(\C)CC/C=C(\C)CC/C=C(\C)CCC=C(C)C)c(O)c1OC. The summed E-state index contributed by atoms with van der Waals surface area (Å²) < 4.78 is 10.5. The average molecular weight is 865 g/mol. The minimum atomic E-state index is 0.00634. The number of benzene rings is 1. The predicted molar refractivity (Wildman–Crippen MR) is 278 cm³/mol. The summed E-state index contributed by atoms with van der Waals surface area (Å²) in [6, 6.07) is 0. The first-order valence-corrected chi connectivity index (χ1v) is 24.2. The van der Waals surface area contributed by atoms with Gasteiger partial charge < -0.3 is 19.7 Å². The summed E-state index contributed by atoms with van der Waals surface area (Å²) in [5.41, 5.74) is 15.9. The van der Waals surface area contributed by atoms with Gasteiger partial charge in [-0.25, -0.2) is 0 Å². The molecule has 0 amide bonds. The molecule has 1 aromatic rings. The summed E-state index contributed by atoms with van der Waals surface area (Å²) in [6.07, 6.45) is 44.6. The lowest BCUT2D eigenvalue weighted by Gasteiger charge is -2.17. The van der Waals surface area contributed by atoms with Crippen LogP contribution in [0.25, 0.3) is 0 Å². The van der Waals surface area contributed by atoms with E-state index in [9.17, 15) is 10.2 Å². The van der Waals surface area contributed by atoms with Gasteiger partial charge in [0.1, 0.15) is 0 Å². The fraction of sp³-hybridized carbons (Fsp3) is 0.559. The van der Waals surface area contributed by atoms with Crippen LogP contribution < -0.4 is 9.47 Å². The number of hydrogen-bond donors (Lipinski definition) is 2. The molecule has 1 rings (SSSR count). The van der Waals surface area contributed by atoms with Crippen molar-refractivity contribution in [2.75, 3.05) is 14.2 Å². The van der Waals surface area contributed by atoms with Gasteiger partial charge >= 0.3 is 0 Å². The number of methoxy groups -OCH3 is 2. The Labute approximate surface area is 388 Å². The van der Waals surface area contributed by atoms with Gasteiger partial charge in [-0.3, -0.25) is 0 Å². The Morgan fingerprint density at radius 3 is 0.810 bits per heavy atom. The van der Waals surface area contributed by atoms with Crippen LogP contribution >= 0.6 is 0 Å². The topological polar surface area (TPSA) is 58.9 Å². The quantitative estimate of drug-likeness (QED) is 0.0577. The van der Waals surface area contributed by atoms with Gasteiger partial charge in [0.25, 0.3) is 0 Å². The predicted octanol–water partition coefficient (Wildman–Crippen LogP) is 18.5. The summed E-state index contributed by atoms with van der Waals surface area (Å²) in [4.78, 5) is 0. The standard InChI is InChI=1S/C59H92O4/c1-44(2)24-15-25-45(3)26-16-27-46(4)28-17-29-47(5)30-18-31-48(6)32-19-33-49(7)34-20-35-50(8)36-21-37-51(9)38-22-39-52(10)40-23-41-53(11)42-43-55-54(12)56(60)58(62-13)59(63-14)57(55)61/h24,26,28,30,32,34,36,38,40,42,60-61H,15-23,25,27,29,31,33,35,37,39,41,43H2,1-14H3/b45-26+,46-28+,47-30+,48-32-,49-34-,50-36+,51-38+,52-40+,53-42+. The van der Waals surface area contributed by atoms with Crippen LogP contribution in [0.15, 0.2) is 116 Å². The van der Waals surface area contributed by atoms with Gasteiger partial charge in [0.05, 0.1) is 14.2 Å². The highest BCUT2D eigenvalue weighted by atomic mass is 16.5. The van der Waals surface area contributed by atoms with Gasteiger partial charge in [0.15, 0.2) is 11.5 Å². The third kappa shape index (κ3) is 26.3. The zero-order chi connectivity index (χ0) is 47.2. The summed E-state index contributed by atoms with van der Waals surface area (Å²) in [6.45, 7) is 26.5. The molecule has 4 nitrogen and oxygen atoms in total. The molecule has 0 aliphatic carbocycles. The maximum absolute atomic E-state index is 10.7. The first kappa shape index (κ1) is 56.8. The van der Waals surface area contributed by atoms with Crippen LogP contribution in [-0.4, -0.2) is 24.4 Å². The molecule has 0 radical (unpaired) electrons. The fourth-order valence-electron chi connectivity index (χ4n) is 7.62. The second kappa shape index (κ2) is 33.3. The Balaban J connectivity index is 2.32. The molecule has 0 fully saturated rings. The lowest BCUT2D eigenvalue weighted by molar-refractivity contribution is 0.314. The monoisotopic (exact) mass is 865 g/mol. The van der Waals surface area contributed by atoms with Crippen LogP contribution in [0.1, 0.15) is 203 Å². The largest absolute Gasteiger partial charge is 0.504 e. The first-order valence-electron chi connectivity index (χ1n) is 24.2. The second-order valence-corrected chi connectivity index (χ2v) is 18.7. The van der Waals surface area contributed by atoms with E-state index in [2.05, 4.69) is 137 Å². The first-order chi connectivity index (χ1) is 30.0. The van der Waals surface area contributed by atoms with Crippen molar-refractivity contribution < 1.29 is 19.7 Å². The van der Waals surface area contributed by atoms with Crippen molar-refractivity contribution in [3.05, 3.63) is 128 Å². The molecule has 0 spiro atoms. The normalized spacial score (nSPS) is 14.2. The van der Waals surface area contributed by atoms with Crippen molar-refractivity contribution in [1.82, 2.24) is 0 Å². The van der Waals surface area contributed by atoms with Gasteiger partial charge in [-0.1, -0.05) is 116 Å². The number of ether oxygens (including phenoxy) is 2. The second-order valence-electron chi connectivity index (χ2n) is 18.7. The third-order valence-corrected chi connectivity index (χ3v) is 12.1. The molecule has 0 saturated carbocycles. The van der Waals surface area contributed by atoms with Crippen molar-refractivity contribution in [2.24, 2.45) is 0 Å². The average Bonchev–Trinajstić information content (AvgIpc) is 3.21. The molecule has 0 atom stereocenters. The lowest BCUT2D eigenvalue weighted by Crippen LogP contribution is -1.98. The van der Waals surface area contributed by atoms with Gasteiger partial charge in [-0.15, -0.1) is 0 Å². The van der Waals surface area contributed by atoms with E-state index in [4.69, 9.17) is 9.47 Å². The number of hydrogen-bond acceptors (Lipinski definition) is 4. The van der Waals surface area contributed by atoms with Crippen LogP contribution in [0.5, 0.6) is 23.0 Å². The van der Waals surface area contributed by atoms with E-state index in [1.807, 2.05) is 0 Å². The zero-order valence-electron chi connectivity index (χ0n) is 42.9. The molecule has 2 N–H and O–H groups in total. The Bertz CT molecular complexity index is 1840. The number of allylic oxidation sites excluding steroid dienone is 20. The lowest BCUT2D eigenvalue weighted by atomic mass is 9.99. The molecule has 0 saturated heterocycles. The molecule has 1 aromatic carbocycles. The number of phenolic OH excluding ortho intramolecular Hbond substituents is 2. The van der Waals surface area contributed by atoms with Gasteiger partial charge in [0, 0.05) is 11.1 Å². The van der Waals surface area contributed by atoms with Crippen LogP contribution in [0, 0.1) is 6.92 Å². The molecule has 0 unspecified atom stereocenters. The molecule has 4 heteroatoms. The van der Waals surface area contributed by atoms with Gasteiger partial charge in [-0.2, -0.15) is 0 Å². The number of aromatic hydroxyl groups is 2. The molecule has 0 aliphatic heterocycles. The van der Waals surface area contributed by atoms with Crippen molar-refractivity contribution >= 4 is 0 Å². The van der Waals surface area contributed by atoms with Crippen molar-refractivity contribution in [3.8, 4) is 23.0 Å². The highest BCUT2D eigenvalue weighted by Crippen LogP contribution is 2.48. The molecule has 0 aromatic heterocycles. The van der Waals surface area contributed by atoms with Crippen LogP contribution in [0.3, 0.4) is 0 Å². The Morgan fingerprint density at radius 2 is 0.571 bits per heavy atom. The minimum Gasteiger partial charge on any atom is -0.504 e. The maximum atomic E-state index is 10.7. The van der Waals surface area contributed by atoms with E-state index in [0.717, 1.165) is 96.3 Å². The molecule has 63 heavy (non-hydrogen) atoms. The van der Waals surface area contributed by atoms with Crippen LogP contribution in [-0.2, 0) is 6.42 Å². The van der Waals surface area contributed by atoms with Crippen LogP contribution in [0.4, 0.5) is 0 Å². The molecule has 0 aliphatic rings. The number of phenols is 2. The summed E-state index contributed by atoms with van der Waals surface area (Å²) in [7, 11) is 2.91. The van der Waals surface area contributed by atoms with Crippen molar-refractivity contribution in [3.63, 3.8) is 0 Å². The van der Waals surface area contributed by atoms with E-state index in [-0.39, 0.29) is 23.0 Å². The highest BCUT2D eigenvalue weighted by molar-refractivity contribution is 5.66. The van der Waals surface area contributed by atoms with E-state index < -0.39 is 0 Å². The molecule has 352 valence electrons. The molecular formula is C59H92O4. The van der Waals surface area contributed by atoms with Crippen LogP contribution in [0.2, 0.25) is 0 Å². The Kier molecular flexibility index (Phi) is 30.1. The van der Waals surface area contributed by atoms with E-state index in [1.54, 1.807) is 6.92 Å². The fourth-order valence-corrected chi connectivity index (χ4v) is 7.62. The smallest absolute Gasteiger partial charge is 0.207 e. The van der Waals surface area contributed by atoms with Gasteiger partial charge in [-0.05, 0) is 205 Å².